The molecule has 0 saturated carbocycles. The van der Waals surface area contributed by atoms with E-state index in [4.69, 9.17) is 9.47 Å². The van der Waals surface area contributed by atoms with Crippen molar-refractivity contribution in [1.82, 2.24) is 0 Å². The maximum atomic E-state index is 12.9. The molecule has 0 saturated heterocycles. The van der Waals surface area contributed by atoms with Crippen molar-refractivity contribution in [1.29, 1.82) is 0 Å². The fourth-order valence-corrected chi connectivity index (χ4v) is 3.92. The maximum Gasteiger partial charge on any atom is 0.231 e. The number of ether oxygens (including phenoxy) is 2. The smallest absolute Gasteiger partial charge is 0.231 e. The highest BCUT2D eigenvalue weighted by Gasteiger charge is 2.28. The minimum atomic E-state index is -0.262. The van der Waals surface area contributed by atoms with E-state index < -0.39 is 0 Å². The van der Waals surface area contributed by atoms with Crippen LogP contribution >= 0.6 is 11.8 Å². The second-order valence-corrected chi connectivity index (χ2v) is 10.1. The van der Waals surface area contributed by atoms with Gasteiger partial charge in [-0.2, -0.15) is 0 Å². The number of rotatable bonds is 3. The molecule has 28 heavy (non-hydrogen) atoms. The van der Waals surface area contributed by atoms with Crippen molar-refractivity contribution in [3.8, 4) is 17.2 Å². The van der Waals surface area contributed by atoms with Crippen LogP contribution in [0.3, 0.4) is 0 Å². The van der Waals surface area contributed by atoms with Crippen LogP contribution in [0, 0.1) is 0 Å². The summed E-state index contributed by atoms with van der Waals surface area (Å²) in [5, 5.41) is 10.8. The minimum absolute atomic E-state index is 0.00586. The highest BCUT2D eigenvalue weighted by molar-refractivity contribution is 8.13. The third-order valence-electron chi connectivity index (χ3n) is 4.77. The second-order valence-electron chi connectivity index (χ2n) is 9.18. The fourth-order valence-electron chi connectivity index (χ4n) is 3.16. The Morgan fingerprint density at radius 1 is 0.964 bits per heavy atom. The summed E-state index contributed by atoms with van der Waals surface area (Å²) in [4.78, 5) is 12.9. The highest BCUT2D eigenvalue weighted by atomic mass is 32.2. The van der Waals surface area contributed by atoms with E-state index in [0.717, 1.165) is 28.2 Å². The average Bonchev–Trinajstić information content (AvgIpc) is 3.05. The Morgan fingerprint density at radius 3 is 2.11 bits per heavy atom. The van der Waals surface area contributed by atoms with Crippen molar-refractivity contribution in [3.05, 3.63) is 52.6 Å². The van der Waals surface area contributed by atoms with Gasteiger partial charge in [0, 0.05) is 22.4 Å². The van der Waals surface area contributed by atoms with Crippen molar-refractivity contribution in [2.45, 2.75) is 58.1 Å². The first-order valence-electron chi connectivity index (χ1n) is 9.40. The highest BCUT2D eigenvalue weighted by Crippen LogP contribution is 2.40. The number of hydrogen-bond acceptors (Lipinski definition) is 5. The van der Waals surface area contributed by atoms with Gasteiger partial charge in [-0.05, 0) is 40.7 Å². The number of phenols is 1. The first kappa shape index (κ1) is 20.6. The van der Waals surface area contributed by atoms with E-state index in [9.17, 15) is 9.90 Å². The normalized spacial score (nSPS) is 13.6. The lowest BCUT2D eigenvalue weighted by molar-refractivity contribution is 0.108. The van der Waals surface area contributed by atoms with Crippen LogP contribution in [0.1, 0.15) is 68.6 Å². The molecule has 1 heterocycles. The Hall–Kier alpha value is -2.14. The first-order chi connectivity index (χ1) is 13.0. The molecule has 1 aliphatic rings. The Morgan fingerprint density at radius 2 is 1.54 bits per heavy atom. The van der Waals surface area contributed by atoms with Gasteiger partial charge in [-0.25, -0.2) is 0 Å². The Labute approximate surface area is 171 Å². The third kappa shape index (κ3) is 4.30. The molecule has 1 N–H and O–H groups in total. The molecule has 0 fully saturated rings. The van der Waals surface area contributed by atoms with E-state index in [0.29, 0.717) is 11.3 Å². The van der Waals surface area contributed by atoms with Crippen LogP contribution in [-0.2, 0) is 16.6 Å². The largest absolute Gasteiger partial charge is 0.507 e. The number of aromatic hydroxyl groups is 1. The van der Waals surface area contributed by atoms with Crippen molar-refractivity contribution < 1.29 is 19.4 Å². The van der Waals surface area contributed by atoms with Gasteiger partial charge in [0.25, 0.3) is 0 Å². The predicted molar refractivity (Wildman–Crippen MR) is 114 cm³/mol. The third-order valence-corrected chi connectivity index (χ3v) is 5.74. The zero-order valence-corrected chi connectivity index (χ0v) is 18.2. The van der Waals surface area contributed by atoms with Gasteiger partial charge in [-0.15, -0.1) is 0 Å². The predicted octanol–water partition coefficient (Wildman–Crippen LogP) is 5.79. The molecule has 2 aromatic carbocycles. The summed E-state index contributed by atoms with van der Waals surface area (Å²) in [7, 11) is 0. The number of phenolic OH excluding ortho intramolecular Hbond substituents is 1. The number of hydrogen-bond donors (Lipinski definition) is 1. The lowest BCUT2D eigenvalue weighted by atomic mass is 9.78. The lowest BCUT2D eigenvalue weighted by Crippen LogP contribution is -2.18. The van der Waals surface area contributed by atoms with Crippen LogP contribution < -0.4 is 9.47 Å². The molecule has 1 aliphatic heterocycles. The van der Waals surface area contributed by atoms with Crippen LogP contribution in [0.5, 0.6) is 17.2 Å². The molecule has 0 aliphatic carbocycles. The molecule has 4 nitrogen and oxygen atoms in total. The van der Waals surface area contributed by atoms with E-state index in [1.165, 1.54) is 11.8 Å². The summed E-state index contributed by atoms with van der Waals surface area (Å²) in [6, 6.07) is 9.41. The van der Waals surface area contributed by atoms with Gasteiger partial charge in [-0.1, -0.05) is 59.4 Å². The van der Waals surface area contributed by atoms with Crippen LogP contribution in [0.4, 0.5) is 0 Å². The molecule has 150 valence electrons. The van der Waals surface area contributed by atoms with Crippen molar-refractivity contribution in [2.24, 2.45) is 0 Å². The van der Waals surface area contributed by atoms with E-state index in [2.05, 4.69) is 0 Å². The second kappa shape index (κ2) is 7.36. The summed E-state index contributed by atoms with van der Waals surface area (Å²) in [6.45, 7) is 12.5. The summed E-state index contributed by atoms with van der Waals surface area (Å²) in [5.41, 5.74) is 2.70. The topological polar surface area (TPSA) is 55.8 Å². The molecular weight excluding hydrogens is 372 g/mol. The standard InChI is InChI=1S/C23H28O4S/c1-22(2,3)16-10-15(11-17(20(16)24)23(4,5)6)21(25)28-12-14-7-8-18-19(9-14)27-13-26-18/h7-11,24H,12-13H2,1-6H3. The molecule has 2 aromatic rings. The maximum absolute atomic E-state index is 12.9. The average molecular weight is 401 g/mol. The molecule has 0 atom stereocenters. The van der Waals surface area contributed by atoms with Gasteiger partial charge in [0.1, 0.15) is 5.75 Å². The van der Waals surface area contributed by atoms with Crippen molar-refractivity contribution in [2.75, 3.05) is 6.79 Å². The van der Waals surface area contributed by atoms with Crippen LogP contribution in [-0.4, -0.2) is 17.0 Å². The van der Waals surface area contributed by atoms with Crippen LogP contribution in [0.2, 0.25) is 0 Å². The fraction of sp³-hybridized carbons (Fsp3) is 0.435. The molecule has 0 bridgehead atoms. The van der Waals surface area contributed by atoms with Gasteiger partial charge < -0.3 is 14.6 Å². The zero-order valence-electron chi connectivity index (χ0n) is 17.4. The Balaban J connectivity index is 1.86. The molecule has 5 heteroatoms. The Kier molecular flexibility index (Phi) is 5.41. The van der Waals surface area contributed by atoms with Gasteiger partial charge >= 0.3 is 0 Å². The molecular formula is C23H28O4S. The number of thioether (sulfide) groups is 1. The van der Waals surface area contributed by atoms with E-state index in [1.54, 1.807) is 0 Å². The van der Waals surface area contributed by atoms with Gasteiger partial charge in [0.15, 0.2) is 11.5 Å². The molecule has 0 amide bonds. The molecule has 3 rings (SSSR count). The van der Waals surface area contributed by atoms with E-state index in [-0.39, 0.29) is 28.5 Å². The zero-order chi connectivity index (χ0) is 20.7. The first-order valence-corrected chi connectivity index (χ1v) is 10.4. The summed E-state index contributed by atoms with van der Waals surface area (Å²) >= 11 is 1.26. The number of carbonyl (C=O) groups is 1. The summed E-state index contributed by atoms with van der Waals surface area (Å²) in [5.74, 6) is 2.30. The van der Waals surface area contributed by atoms with Gasteiger partial charge in [0.2, 0.25) is 11.9 Å². The number of carbonyl (C=O) groups excluding carboxylic acids is 1. The van der Waals surface area contributed by atoms with Gasteiger partial charge in [0.05, 0.1) is 0 Å². The van der Waals surface area contributed by atoms with E-state index in [1.807, 2.05) is 71.9 Å². The van der Waals surface area contributed by atoms with Crippen LogP contribution in [0.25, 0.3) is 0 Å². The van der Waals surface area contributed by atoms with Crippen molar-refractivity contribution >= 4 is 16.9 Å². The molecule has 0 radical (unpaired) electrons. The molecule has 0 aromatic heterocycles. The number of benzene rings is 2. The van der Waals surface area contributed by atoms with Crippen molar-refractivity contribution in [3.63, 3.8) is 0 Å². The lowest BCUT2D eigenvalue weighted by Gasteiger charge is -2.28. The van der Waals surface area contributed by atoms with E-state index >= 15 is 0 Å². The number of fused-ring (bicyclic) bond motifs is 1. The Bertz CT molecular complexity index is 869. The minimum Gasteiger partial charge on any atom is -0.507 e. The molecule has 0 spiro atoms. The SMILES string of the molecule is CC(C)(C)c1cc(C(=O)SCc2ccc3c(c2)OCO3)cc(C(C)(C)C)c1O. The molecule has 0 unspecified atom stereocenters. The summed E-state index contributed by atoms with van der Waals surface area (Å²) < 4.78 is 10.7. The quantitative estimate of drug-likeness (QED) is 0.707. The summed E-state index contributed by atoms with van der Waals surface area (Å²) in [6.07, 6.45) is 0. The monoisotopic (exact) mass is 400 g/mol. The van der Waals surface area contributed by atoms with Crippen LogP contribution in [0.15, 0.2) is 30.3 Å². The van der Waals surface area contributed by atoms with Gasteiger partial charge in [-0.3, -0.25) is 4.79 Å².